The molecule has 5 nitrogen and oxygen atoms in total. The fourth-order valence-electron chi connectivity index (χ4n) is 1.97. The second-order valence-corrected chi connectivity index (χ2v) is 5.87. The predicted molar refractivity (Wildman–Crippen MR) is 80.0 cm³/mol. The minimum Gasteiger partial charge on any atom is -0.495 e. The van der Waals surface area contributed by atoms with E-state index in [0.717, 1.165) is 17.1 Å². The van der Waals surface area contributed by atoms with E-state index in [4.69, 9.17) is 4.74 Å². The van der Waals surface area contributed by atoms with E-state index in [2.05, 4.69) is 48.5 Å². The molecule has 1 aromatic carbocycles. The lowest BCUT2D eigenvalue weighted by Gasteiger charge is -2.21. The molecule has 5 heteroatoms. The fraction of sp³-hybridized carbons (Fsp3) is 0.467. The summed E-state index contributed by atoms with van der Waals surface area (Å²) in [6.45, 7) is 7.25. The van der Waals surface area contributed by atoms with Crippen molar-refractivity contribution in [3.63, 3.8) is 0 Å². The van der Waals surface area contributed by atoms with Crippen molar-refractivity contribution in [2.75, 3.05) is 12.4 Å². The summed E-state index contributed by atoms with van der Waals surface area (Å²) in [4.78, 5) is 0. The van der Waals surface area contributed by atoms with Gasteiger partial charge in [-0.15, -0.1) is 5.10 Å². The van der Waals surface area contributed by atoms with Crippen LogP contribution in [0.1, 0.15) is 32.0 Å². The van der Waals surface area contributed by atoms with E-state index in [1.807, 2.05) is 13.1 Å². The normalized spacial score (nSPS) is 11.4. The number of methoxy groups -OCH3 is 1. The quantitative estimate of drug-likeness (QED) is 0.931. The van der Waals surface area contributed by atoms with Gasteiger partial charge in [-0.1, -0.05) is 32.1 Å². The lowest BCUT2D eigenvalue weighted by molar-refractivity contribution is 0.416. The predicted octanol–water partition coefficient (Wildman–Crippen LogP) is 2.73. The van der Waals surface area contributed by atoms with Gasteiger partial charge in [0.15, 0.2) is 0 Å². The summed E-state index contributed by atoms with van der Waals surface area (Å²) in [6.07, 6.45) is 1.76. The van der Waals surface area contributed by atoms with E-state index >= 15 is 0 Å². The van der Waals surface area contributed by atoms with E-state index in [1.165, 1.54) is 5.56 Å². The topological polar surface area (TPSA) is 52.0 Å². The van der Waals surface area contributed by atoms with Crippen molar-refractivity contribution in [3.05, 3.63) is 35.7 Å². The van der Waals surface area contributed by atoms with Gasteiger partial charge in [-0.3, -0.25) is 4.68 Å². The van der Waals surface area contributed by atoms with Crippen LogP contribution >= 0.6 is 0 Å². The maximum absolute atomic E-state index is 5.41. The Morgan fingerprint density at radius 3 is 2.60 bits per heavy atom. The van der Waals surface area contributed by atoms with Crippen molar-refractivity contribution in [1.29, 1.82) is 0 Å². The fourth-order valence-corrected chi connectivity index (χ4v) is 1.97. The van der Waals surface area contributed by atoms with Gasteiger partial charge in [0.25, 0.3) is 0 Å². The zero-order valence-electron chi connectivity index (χ0n) is 12.8. The second-order valence-electron chi connectivity index (χ2n) is 5.87. The van der Waals surface area contributed by atoms with Crippen molar-refractivity contribution >= 4 is 5.69 Å². The molecule has 1 heterocycles. The molecule has 0 atom stereocenters. The molecule has 108 valence electrons. The Bertz CT molecular complexity index is 584. The first-order valence-corrected chi connectivity index (χ1v) is 6.68. The van der Waals surface area contributed by atoms with Gasteiger partial charge in [-0.2, -0.15) is 0 Å². The number of nitrogens with zero attached hydrogens (tertiary/aromatic N) is 3. The summed E-state index contributed by atoms with van der Waals surface area (Å²) in [5, 5.41) is 11.2. The minimum atomic E-state index is 0.108. The zero-order valence-corrected chi connectivity index (χ0v) is 12.8. The molecule has 0 saturated carbocycles. The van der Waals surface area contributed by atoms with Crippen LogP contribution in [-0.2, 0) is 19.0 Å². The molecule has 0 aliphatic carbocycles. The summed E-state index contributed by atoms with van der Waals surface area (Å²) < 4.78 is 7.17. The monoisotopic (exact) mass is 274 g/mol. The number of aryl methyl sites for hydroxylation is 1. The Labute approximate surface area is 120 Å². The van der Waals surface area contributed by atoms with E-state index in [9.17, 15) is 0 Å². The standard InChI is InChI=1S/C15H22N4O/c1-15(2,3)11-6-7-14(20-5)13(8-11)16-9-12-10-17-18-19(12)4/h6-8,10,16H,9H2,1-5H3. The number of ether oxygens (including phenoxy) is 1. The zero-order chi connectivity index (χ0) is 14.8. The molecule has 0 aliphatic rings. The number of rotatable bonds is 4. The van der Waals surface area contributed by atoms with Crippen molar-refractivity contribution in [2.45, 2.75) is 32.7 Å². The van der Waals surface area contributed by atoms with Crippen LogP contribution in [-0.4, -0.2) is 22.1 Å². The van der Waals surface area contributed by atoms with Crippen LogP contribution in [0.25, 0.3) is 0 Å². The smallest absolute Gasteiger partial charge is 0.141 e. The van der Waals surface area contributed by atoms with Gasteiger partial charge in [0.05, 0.1) is 31.2 Å². The van der Waals surface area contributed by atoms with Gasteiger partial charge in [0.2, 0.25) is 0 Å². The average Bonchev–Trinajstić information content (AvgIpc) is 2.80. The Hall–Kier alpha value is -2.04. The van der Waals surface area contributed by atoms with Gasteiger partial charge in [0, 0.05) is 7.05 Å². The van der Waals surface area contributed by atoms with Crippen LogP contribution in [0.4, 0.5) is 5.69 Å². The highest BCUT2D eigenvalue weighted by Gasteiger charge is 2.16. The van der Waals surface area contributed by atoms with E-state index in [1.54, 1.807) is 18.0 Å². The molecule has 20 heavy (non-hydrogen) atoms. The molecule has 0 spiro atoms. The maximum atomic E-state index is 5.41. The van der Waals surface area contributed by atoms with Crippen LogP contribution < -0.4 is 10.1 Å². The number of anilines is 1. The Morgan fingerprint density at radius 2 is 2.05 bits per heavy atom. The van der Waals surface area contributed by atoms with Crippen LogP contribution in [0.5, 0.6) is 5.75 Å². The van der Waals surface area contributed by atoms with Crippen molar-refractivity contribution in [1.82, 2.24) is 15.0 Å². The highest BCUT2D eigenvalue weighted by Crippen LogP contribution is 2.31. The van der Waals surface area contributed by atoms with Gasteiger partial charge in [-0.25, -0.2) is 0 Å². The van der Waals surface area contributed by atoms with Crippen LogP contribution in [0.3, 0.4) is 0 Å². The molecule has 2 rings (SSSR count). The van der Waals surface area contributed by atoms with Gasteiger partial charge >= 0.3 is 0 Å². The molecular weight excluding hydrogens is 252 g/mol. The number of benzene rings is 1. The van der Waals surface area contributed by atoms with Crippen LogP contribution in [0.2, 0.25) is 0 Å². The average molecular weight is 274 g/mol. The first kappa shape index (κ1) is 14.4. The number of hydrogen-bond acceptors (Lipinski definition) is 4. The summed E-state index contributed by atoms with van der Waals surface area (Å²) in [5.41, 5.74) is 3.38. The Balaban J connectivity index is 2.23. The van der Waals surface area contributed by atoms with Crippen LogP contribution in [0.15, 0.2) is 24.4 Å². The summed E-state index contributed by atoms with van der Waals surface area (Å²) >= 11 is 0. The molecule has 0 bridgehead atoms. The molecule has 0 unspecified atom stereocenters. The largest absolute Gasteiger partial charge is 0.495 e. The summed E-state index contributed by atoms with van der Waals surface area (Å²) in [7, 11) is 3.57. The third-order valence-corrected chi connectivity index (χ3v) is 3.33. The third-order valence-electron chi connectivity index (χ3n) is 3.33. The number of aromatic nitrogens is 3. The number of nitrogens with one attached hydrogen (secondary N) is 1. The lowest BCUT2D eigenvalue weighted by Crippen LogP contribution is -2.12. The van der Waals surface area contributed by atoms with E-state index in [0.29, 0.717) is 6.54 Å². The van der Waals surface area contributed by atoms with Gasteiger partial charge in [-0.05, 0) is 23.1 Å². The Morgan fingerprint density at radius 1 is 1.30 bits per heavy atom. The van der Waals surface area contributed by atoms with Crippen molar-refractivity contribution in [3.8, 4) is 5.75 Å². The highest BCUT2D eigenvalue weighted by atomic mass is 16.5. The van der Waals surface area contributed by atoms with Crippen molar-refractivity contribution < 1.29 is 4.74 Å². The maximum Gasteiger partial charge on any atom is 0.141 e. The van der Waals surface area contributed by atoms with Gasteiger partial charge < -0.3 is 10.1 Å². The minimum absolute atomic E-state index is 0.108. The molecule has 1 aromatic heterocycles. The summed E-state index contributed by atoms with van der Waals surface area (Å²) in [6, 6.07) is 6.25. The molecule has 0 radical (unpaired) electrons. The third kappa shape index (κ3) is 3.10. The molecule has 0 saturated heterocycles. The molecule has 1 N–H and O–H groups in total. The molecule has 0 amide bonds. The molecule has 2 aromatic rings. The highest BCUT2D eigenvalue weighted by molar-refractivity contribution is 5.59. The Kier molecular flexibility index (Phi) is 3.97. The first-order chi connectivity index (χ1) is 9.41. The molecular formula is C15H22N4O. The lowest BCUT2D eigenvalue weighted by atomic mass is 9.87. The molecule has 0 fully saturated rings. The van der Waals surface area contributed by atoms with Crippen molar-refractivity contribution in [2.24, 2.45) is 7.05 Å². The van der Waals surface area contributed by atoms with Crippen LogP contribution in [0, 0.1) is 0 Å². The number of hydrogen-bond donors (Lipinski definition) is 1. The summed E-state index contributed by atoms with van der Waals surface area (Å²) in [5.74, 6) is 0.841. The van der Waals surface area contributed by atoms with E-state index in [-0.39, 0.29) is 5.41 Å². The van der Waals surface area contributed by atoms with Gasteiger partial charge in [0.1, 0.15) is 5.75 Å². The van der Waals surface area contributed by atoms with E-state index < -0.39 is 0 Å². The second kappa shape index (κ2) is 5.53. The SMILES string of the molecule is COc1ccc(C(C)(C)C)cc1NCc1cnnn1C. The first-order valence-electron chi connectivity index (χ1n) is 6.68. The molecule has 0 aliphatic heterocycles.